The maximum Gasteiger partial charge on any atom is 0.227 e. The highest BCUT2D eigenvalue weighted by Crippen LogP contribution is 2.30. The van der Waals surface area contributed by atoms with Gasteiger partial charge in [-0.05, 0) is 30.4 Å². The van der Waals surface area contributed by atoms with Crippen molar-refractivity contribution < 1.29 is 19.4 Å². The van der Waals surface area contributed by atoms with Crippen molar-refractivity contribution in [2.45, 2.75) is 44.4 Å². The zero-order valence-electron chi connectivity index (χ0n) is 14.3. The first-order valence-corrected chi connectivity index (χ1v) is 8.81. The third-order valence-corrected chi connectivity index (χ3v) is 5.13. The van der Waals surface area contributed by atoms with E-state index in [1.165, 1.54) is 0 Å². The van der Waals surface area contributed by atoms with Gasteiger partial charge in [0.1, 0.15) is 0 Å². The summed E-state index contributed by atoms with van der Waals surface area (Å²) in [5, 5.41) is 10.3. The van der Waals surface area contributed by atoms with Gasteiger partial charge in [0.25, 0.3) is 0 Å². The molecular formula is C19H27NO4. The van der Waals surface area contributed by atoms with Crippen molar-refractivity contribution in [3.8, 4) is 0 Å². The molecule has 0 spiro atoms. The van der Waals surface area contributed by atoms with E-state index in [0.29, 0.717) is 32.7 Å². The first-order chi connectivity index (χ1) is 11.7. The maximum atomic E-state index is 12.8. The number of aliphatic hydroxyl groups excluding tert-OH is 1. The summed E-state index contributed by atoms with van der Waals surface area (Å²) in [5.74, 6) is 0.190. The predicted molar refractivity (Wildman–Crippen MR) is 90.5 cm³/mol. The average molecular weight is 333 g/mol. The van der Waals surface area contributed by atoms with Crippen LogP contribution in [0.5, 0.6) is 0 Å². The Labute approximate surface area is 143 Å². The largest absolute Gasteiger partial charge is 0.393 e. The Morgan fingerprint density at radius 1 is 1.38 bits per heavy atom. The highest BCUT2D eigenvalue weighted by Gasteiger charge is 2.39. The number of aliphatic hydroxyl groups is 1. The molecular weight excluding hydrogens is 306 g/mol. The fourth-order valence-electron chi connectivity index (χ4n) is 3.94. The van der Waals surface area contributed by atoms with Crippen molar-refractivity contribution in [2.24, 2.45) is 5.92 Å². The van der Waals surface area contributed by atoms with Gasteiger partial charge in [0.2, 0.25) is 5.91 Å². The van der Waals surface area contributed by atoms with E-state index in [9.17, 15) is 9.90 Å². The number of nitrogens with zero attached hydrogens (tertiary/aromatic N) is 1. The number of benzene rings is 1. The number of carbonyl (C=O) groups excluding carboxylic acids is 1. The van der Waals surface area contributed by atoms with Crippen molar-refractivity contribution in [1.82, 2.24) is 4.90 Å². The van der Waals surface area contributed by atoms with Crippen LogP contribution in [0.2, 0.25) is 0 Å². The lowest BCUT2D eigenvalue weighted by atomic mass is 9.89. The third-order valence-electron chi connectivity index (χ3n) is 5.13. The number of hydrogen-bond donors (Lipinski definition) is 1. The number of methoxy groups -OCH3 is 1. The van der Waals surface area contributed by atoms with E-state index in [1.54, 1.807) is 7.11 Å². The van der Waals surface area contributed by atoms with Crippen molar-refractivity contribution >= 4 is 5.91 Å². The fraction of sp³-hybridized carbons (Fsp3) is 0.632. The van der Waals surface area contributed by atoms with Crippen LogP contribution in [-0.4, -0.2) is 54.9 Å². The number of likely N-dealkylation sites (tertiary alicyclic amines) is 1. The van der Waals surface area contributed by atoms with Crippen molar-refractivity contribution in [2.75, 3.05) is 26.9 Å². The van der Waals surface area contributed by atoms with Crippen LogP contribution in [0.4, 0.5) is 0 Å². The van der Waals surface area contributed by atoms with Gasteiger partial charge in [-0.2, -0.15) is 0 Å². The van der Waals surface area contributed by atoms with Crippen LogP contribution >= 0.6 is 0 Å². The summed E-state index contributed by atoms with van der Waals surface area (Å²) in [7, 11) is 1.67. The minimum Gasteiger partial charge on any atom is -0.393 e. The topological polar surface area (TPSA) is 59.0 Å². The SMILES string of the molecule is COCc1cccc(CC(=O)N2CCC[C@@H]2[C@@H]2COCC[C@H]2O)c1. The van der Waals surface area contributed by atoms with Crippen LogP contribution in [-0.2, 0) is 27.3 Å². The minimum atomic E-state index is -0.359. The molecule has 1 aromatic carbocycles. The molecule has 0 saturated carbocycles. The van der Waals surface area contributed by atoms with E-state index < -0.39 is 0 Å². The fourth-order valence-corrected chi connectivity index (χ4v) is 3.94. The zero-order valence-corrected chi connectivity index (χ0v) is 14.3. The van der Waals surface area contributed by atoms with E-state index in [4.69, 9.17) is 9.47 Å². The van der Waals surface area contributed by atoms with Gasteiger partial charge in [-0.25, -0.2) is 0 Å². The summed E-state index contributed by atoms with van der Waals surface area (Å²) in [4.78, 5) is 14.8. The molecule has 2 saturated heterocycles. The van der Waals surface area contributed by atoms with E-state index in [0.717, 1.165) is 30.5 Å². The third kappa shape index (κ3) is 3.97. The lowest BCUT2D eigenvalue weighted by Gasteiger charge is -2.37. The summed E-state index contributed by atoms with van der Waals surface area (Å²) in [6.45, 7) is 2.51. The van der Waals surface area contributed by atoms with Gasteiger partial charge >= 0.3 is 0 Å². The van der Waals surface area contributed by atoms with Gasteiger partial charge in [-0.1, -0.05) is 24.3 Å². The molecule has 0 aromatic heterocycles. The second kappa shape index (κ2) is 8.10. The Morgan fingerprint density at radius 3 is 3.00 bits per heavy atom. The molecule has 0 radical (unpaired) electrons. The number of ether oxygens (including phenoxy) is 2. The van der Waals surface area contributed by atoms with Gasteiger partial charge in [0.15, 0.2) is 0 Å². The first-order valence-electron chi connectivity index (χ1n) is 8.81. The lowest BCUT2D eigenvalue weighted by Crippen LogP contribution is -2.48. The van der Waals surface area contributed by atoms with E-state index in [-0.39, 0.29) is 24.0 Å². The summed E-state index contributed by atoms with van der Waals surface area (Å²) in [5.41, 5.74) is 2.09. The molecule has 5 heteroatoms. The highest BCUT2D eigenvalue weighted by atomic mass is 16.5. The second-order valence-corrected chi connectivity index (χ2v) is 6.82. The predicted octanol–water partition coefficient (Wildman–Crippen LogP) is 1.76. The van der Waals surface area contributed by atoms with Crippen LogP contribution < -0.4 is 0 Å². The molecule has 132 valence electrons. The Balaban J connectivity index is 1.66. The molecule has 0 aliphatic carbocycles. The number of rotatable bonds is 5. The molecule has 1 amide bonds. The van der Waals surface area contributed by atoms with Crippen molar-refractivity contribution in [3.05, 3.63) is 35.4 Å². The first kappa shape index (κ1) is 17.4. The van der Waals surface area contributed by atoms with Gasteiger partial charge in [-0.15, -0.1) is 0 Å². The van der Waals surface area contributed by atoms with Gasteiger partial charge in [0.05, 0.1) is 25.7 Å². The Morgan fingerprint density at radius 2 is 2.21 bits per heavy atom. The zero-order chi connectivity index (χ0) is 16.9. The van der Waals surface area contributed by atoms with Gasteiger partial charge < -0.3 is 19.5 Å². The Hall–Kier alpha value is -1.43. The van der Waals surface area contributed by atoms with Crippen LogP contribution in [0.3, 0.4) is 0 Å². The molecule has 1 N–H and O–H groups in total. The molecule has 2 aliphatic heterocycles. The van der Waals surface area contributed by atoms with E-state index >= 15 is 0 Å². The molecule has 2 aliphatic rings. The molecule has 2 heterocycles. The van der Waals surface area contributed by atoms with Gasteiger partial charge in [0, 0.05) is 32.2 Å². The van der Waals surface area contributed by atoms with Crippen molar-refractivity contribution in [3.63, 3.8) is 0 Å². The van der Waals surface area contributed by atoms with Crippen LogP contribution in [0.1, 0.15) is 30.4 Å². The maximum absolute atomic E-state index is 12.8. The van der Waals surface area contributed by atoms with Gasteiger partial charge in [-0.3, -0.25) is 4.79 Å². The summed E-state index contributed by atoms with van der Waals surface area (Å²) in [6, 6.07) is 8.10. The molecule has 5 nitrogen and oxygen atoms in total. The molecule has 2 fully saturated rings. The molecule has 3 atom stereocenters. The molecule has 24 heavy (non-hydrogen) atoms. The highest BCUT2D eigenvalue weighted by molar-refractivity contribution is 5.79. The monoisotopic (exact) mass is 333 g/mol. The summed E-state index contributed by atoms with van der Waals surface area (Å²) in [6.07, 6.45) is 2.67. The molecule has 0 unspecified atom stereocenters. The van der Waals surface area contributed by atoms with Crippen molar-refractivity contribution in [1.29, 1.82) is 0 Å². The Bertz CT molecular complexity index is 562. The molecule has 3 rings (SSSR count). The summed E-state index contributed by atoms with van der Waals surface area (Å²) < 4.78 is 10.7. The van der Waals surface area contributed by atoms with Crippen LogP contribution in [0, 0.1) is 5.92 Å². The minimum absolute atomic E-state index is 0.0463. The lowest BCUT2D eigenvalue weighted by molar-refractivity contribution is -0.135. The Kier molecular flexibility index (Phi) is 5.87. The normalized spacial score (nSPS) is 27.4. The van der Waals surface area contributed by atoms with Crippen LogP contribution in [0.15, 0.2) is 24.3 Å². The smallest absolute Gasteiger partial charge is 0.227 e. The number of carbonyl (C=O) groups is 1. The molecule has 0 bridgehead atoms. The quantitative estimate of drug-likeness (QED) is 0.892. The molecule has 1 aromatic rings. The van der Waals surface area contributed by atoms with E-state index in [1.807, 2.05) is 29.2 Å². The number of hydrogen-bond acceptors (Lipinski definition) is 4. The average Bonchev–Trinajstić information content (AvgIpc) is 3.05. The van der Waals surface area contributed by atoms with E-state index in [2.05, 4.69) is 0 Å². The second-order valence-electron chi connectivity index (χ2n) is 6.82. The number of amides is 1. The van der Waals surface area contributed by atoms with Crippen LogP contribution in [0.25, 0.3) is 0 Å². The summed E-state index contributed by atoms with van der Waals surface area (Å²) >= 11 is 0. The standard InChI is InChI=1S/C19H27NO4/c1-23-12-15-5-2-4-14(10-15)11-19(22)20-8-3-6-17(20)16-13-24-9-7-18(16)21/h2,4-5,10,16-18,21H,3,6-9,11-13H2,1H3/t16-,17+,18+/m0/s1.